The van der Waals surface area contributed by atoms with Crippen LogP contribution in [0, 0.1) is 0 Å². The third-order valence-corrected chi connectivity index (χ3v) is 3.73. The van der Waals surface area contributed by atoms with Gasteiger partial charge in [-0.2, -0.15) is 0 Å². The first-order valence-corrected chi connectivity index (χ1v) is 8.53. The number of nitrogens with one attached hydrogen (secondary N) is 2. The van der Waals surface area contributed by atoms with E-state index < -0.39 is 18.6 Å². The van der Waals surface area contributed by atoms with E-state index in [1.807, 2.05) is 36.4 Å². The summed E-state index contributed by atoms with van der Waals surface area (Å²) in [5.74, 6) is -1.59. The molecular formula is C20H22N2O5. The lowest BCUT2D eigenvalue weighted by molar-refractivity contribution is -0.142. The van der Waals surface area contributed by atoms with E-state index in [-0.39, 0.29) is 31.4 Å². The average Bonchev–Trinajstić information content (AvgIpc) is 2.68. The minimum atomic E-state index is -1.06. The number of carboxylic acids is 1. The molecular weight excluding hydrogens is 348 g/mol. The van der Waals surface area contributed by atoms with Gasteiger partial charge >= 0.3 is 5.97 Å². The monoisotopic (exact) mass is 370 g/mol. The summed E-state index contributed by atoms with van der Waals surface area (Å²) in [6.45, 7) is -0.111. The maximum Gasteiger partial charge on any atom is 0.329 e. The van der Waals surface area contributed by atoms with Gasteiger partial charge in [0.2, 0.25) is 5.91 Å². The van der Waals surface area contributed by atoms with E-state index in [0.29, 0.717) is 5.56 Å². The van der Waals surface area contributed by atoms with E-state index in [4.69, 9.17) is 9.84 Å². The molecule has 27 heavy (non-hydrogen) atoms. The average molecular weight is 370 g/mol. The molecule has 0 bridgehead atoms. The van der Waals surface area contributed by atoms with Crippen molar-refractivity contribution in [3.8, 4) is 0 Å². The Morgan fingerprint density at radius 2 is 1.59 bits per heavy atom. The molecule has 1 unspecified atom stereocenters. The van der Waals surface area contributed by atoms with E-state index in [1.54, 1.807) is 24.3 Å². The molecule has 0 heterocycles. The summed E-state index contributed by atoms with van der Waals surface area (Å²) in [7, 11) is 0. The zero-order chi connectivity index (χ0) is 19.5. The van der Waals surface area contributed by atoms with Crippen LogP contribution in [-0.4, -0.2) is 42.6 Å². The number of hydrogen-bond donors (Lipinski definition) is 3. The number of carbonyl (C=O) groups is 3. The lowest BCUT2D eigenvalue weighted by Crippen LogP contribution is -2.35. The molecule has 2 amide bonds. The molecule has 0 saturated carbocycles. The zero-order valence-electron chi connectivity index (χ0n) is 14.8. The van der Waals surface area contributed by atoms with Crippen LogP contribution in [0.5, 0.6) is 0 Å². The lowest BCUT2D eigenvalue weighted by atomic mass is 10.0. The molecule has 2 aromatic carbocycles. The number of benzene rings is 2. The number of carboxylic acid groups (broad SMARTS) is 1. The van der Waals surface area contributed by atoms with Gasteiger partial charge in [-0.05, 0) is 17.7 Å². The van der Waals surface area contributed by atoms with Crippen LogP contribution in [0.4, 0.5) is 0 Å². The predicted octanol–water partition coefficient (Wildman–Crippen LogP) is 1.77. The Morgan fingerprint density at radius 1 is 0.963 bits per heavy atom. The highest BCUT2D eigenvalue weighted by atomic mass is 16.5. The maximum absolute atomic E-state index is 12.5. The molecule has 0 spiro atoms. The number of rotatable bonds is 10. The summed E-state index contributed by atoms with van der Waals surface area (Å²) in [6, 6.07) is 17.5. The largest absolute Gasteiger partial charge is 0.480 e. The normalized spacial score (nSPS) is 11.4. The summed E-state index contributed by atoms with van der Waals surface area (Å²) >= 11 is 0. The maximum atomic E-state index is 12.5. The van der Waals surface area contributed by atoms with Crippen molar-refractivity contribution in [2.24, 2.45) is 0 Å². The Balaban J connectivity index is 1.94. The first kappa shape index (κ1) is 20.1. The Morgan fingerprint density at radius 3 is 2.22 bits per heavy atom. The highest BCUT2D eigenvalue weighted by molar-refractivity contribution is 5.94. The van der Waals surface area contributed by atoms with Crippen LogP contribution in [0.1, 0.15) is 28.4 Å². The SMILES string of the molecule is O=C(O)COCCNC(=O)CC(NC(=O)c1ccccc1)c1ccccc1. The Bertz CT molecular complexity index is 749. The van der Waals surface area contributed by atoms with E-state index in [9.17, 15) is 14.4 Å². The van der Waals surface area contributed by atoms with Crippen LogP contribution < -0.4 is 10.6 Å². The van der Waals surface area contributed by atoms with Gasteiger partial charge in [0.15, 0.2) is 0 Å². The lowest BCUT2D eigenvalue weighted by Gasteiger charge is -2.19. The van der Waals surface area contributed by atoms with Gasteiger partial charge in [0, 0.05) is 12.1 Å². The fourth-order valence-corrected chi connectivity index (χ4v) is 2.45. The molecule has 0 aliphatic carbocycles. The molecule has 1 atom stereocenters. The predicted molar refractivity (Wildman–Crippen MR) is 99.2 cm³/mol. The van der Waals surface area contributed by atoms with Gasteiger partial charge in [-0.25, -0.2) is 4.79 Å². The third kappa shape index (κ3) is 7.29. The standard InChI is InChI=1S/C20H22N2O5/c23-18(21-11-12-27-14-19(24)25)13-17(15-7-3-1-4-8-15)22-20(26)16-9-5-2-6-10-16/h1-10,17H,11-14H2,(H,21,23)(H,22,26)(H,24,25). The second-order valence-electron chi connectivity index (χ2n) is 5.80. The quantitative estimate of drug-likeness (QED) is 0.553. The summed E-state index contributed by atoms with van der Waals surface area (Å²) in [6.07, 6.45) is 0.0571. The van der Waals surface area contributed by atoms with Crippen LogP contribution >= 0.6 is 0 Å². The van der Waals surface area contributed by atoms with Gasteiger partial charge < -0.3 is 20.5 Å². The molecule has 0 saturated heterocycles. The van der Waals surface area contributed by atoms with Crippen molar-refractivity contribution in [3.05, 3.63) is 71.8 Å². The summed E-state index contributed by atoms with van der Waals surface area (Å²) < 4.78 is 4.87. The number of hydrogen-bond acceptors (Lipinski definition) is 4. The van der Waals surface area contributed by atoms with Gasteiger partial charge in [0.25, 0.3) is 5.91 Å². The summed E-state index contributed by atoms with van der Waals surface area (Å²) in [5.41, 5.74) is 1.33. The van der Waals surface area contributed by atoms with Gasteiger partial charge in [-0.3, -0.25) is 9.59 Å². The second-order valence-corrected chi connectivity index (χ2v) is 5.80. The molecule has 3 N–H and O–H groups in total. The zero-order valence-corrected chi connectivity index (χ0v) is 14.8. The first-order valence-electron chi connectivity index (χ1n) is 8.53. The Kier molecular flexibility index (Phi) is 7.99. The van der Waals surface area contributed by atoms with Gasteiger partial charge in [-0.15, -0.1) is 0 Å². The van der Waals surface area contributed by atoms with Crippen molar-refractivity contribution in [1.29, 1.82) is 0 Å². The smallest absolute Gasteiger partial charge is 0.329 e. The fourth-order valence-electron chi connectivity index (χ4n) is 2.45. The topological polar surface area (TPSA) is 105 Å². The molecule has 2 rings (SSSR count). The van der Waals surface area contributed by atoms with E-state index in [2.05, 4.69) is 10.6 Å². The number of carbonyl (C=O) groups excluding carboxylic acids is 2. The van der Waals surface area contributed by atoms with Gasteiger partial charge in [0.05, 0.1) is 19.1 Å². The number of ether oxygens (including phenoxy) is 1. The van der Waals surface area contributed by atoms with E-state index in [0.717, 1.165) is 5.56 Å². The molecule has 0 aromatic heterocycles. The van der Waals surface area contributed by atoms with Crippen molar-refractivity contribution >= 4 is 17.8 Å². The van der Waals surface area contributed by atoms with Gasteiger partial charge in [-0.1, -0.05) is 48.5 Å². The highest BCUT2D eigenvalue weighted by Crippen LogP contribution is 2.17. The minimum Gasteiger partial charge on any atom is -0.480 e. The van der Waals surface area contributed by atoms with Crippen LogP contribution in [-0.2, 0) is 14.3 Å². The van der Waals surface area contributed by atoms with Gasteiger partial charge in [0.1, 0.15) is 6.61 Å². The Hall–Kier alpha value is -3.19. The summed E-state index contributed by atoms with van der Waals surface area (Å²) in [4.78, 5) is 35.0. The first-order chi connectivity index (χ1) is 13.1. The highest BCUT2D eigenvalue weighted by Gasteiger charge is 2.19. The van der Waals surface area contributed by atoms with E-state index in [1.165, 1.54) is 0 Å². The minimum absolute atomic E-state index is 0.0571. The van der Waals surface area contributed by atoms with Crippen LogP contribution in [0.15, 0.2) is 60.7 Å². The molecule has 0 aliphatic rings. The van der Waals surface area contributed by atoms with Crippen LogP contribution in [0.3, 0.4) is 0 Å². The van der Waals surface area contributed by atoms with Crippen molar-refractivity contribution < 1.29 is 24.2 Å². The van der Waals surface area contributed by atoms with Crippen molar-refractivity contribution in [2.75, 3.05) is 19.8 Å². The molecule has 2 aromatic rings. The van der Waals surface area contributed by atoms with Crippen LogP contribution in [0.25, 0.3) is 0 Å². The second kappa shape index (κ2) is 10.7. The number of amides is 2. The molecule has 7 heteroatoms. The molecule has 0 fully saturated rings. The molecule has 142 valence electrons. The molecule has 0 radical (unpaired) electrons. The third-order valence-electron chi connectivity index (χ3n) is 3.73. The Labute approximate surface area is 157 Å². The van der Waals surface area contributed by atoms with Crippen LogP contribution in [0.2, 0.25) is 0 Å². The van der Waals surface area contributed by atoms with E-state index >= 15 is 0 Å². The summed E-state index contributed by atoms with van der Waals surface area (Å²) in [5, 5.41) is 14.0. The number of aliphatic carboxylic acids is 1. The fraction of sp³-hybridized carbons (Fsp3) is 0.250. The van der Waals surface area contributed by atoms with Crippen molar-refractivity contribution in [3.63, 3.8) is 0 Å². The van der Waals surface area contributed by atoms with Crippen molar-refractivity contribution in [1.82, 2.24) is 10.6 Å². The molecule has 7 nitrogen and oxygen atoms in total. The van der Waals surface area contributed by atoms with Crippen molar-refractivity contribution in [2.45, 2.75) is 12.5 Å². The molecule has 0 aliphatic heterocycles.